The van der Waals surface area contributed by atoms with Crippen LogP contribution in [-0.2, 0) is 28.6 Å². The summed E-state index contributed by atoms with van der Waals surface area (Å²) in [4.78, 5) is 27.1. The van der Waals surface area contributed by atoms with Crippen molar-refractivity contribution in [3.8, 4) is 0 Å². The van der Waals surface area contributed by atoms with Crippen LogP contribution in [0.4, 0.5) is 0 Å². The lowest BCUT2D eigenvalue weighted by Crippen LogP contribution is -2.28. The summed E-state index contributed by atoms with van der Waals surface area (Å²) in [7, 11) is 0. The average molecular weight is 477 g/mol. The summed E-state index contributed by atoms with van der Waals surface area (Å²) in [6, 6.07) is 0. The van der Waals surface area contributed by atoms with Crippen LogP contribution in [0.5, 0.6) is 0 Å². The van der Waals surface area contributed by atoms with Gasteiger partial charge in [0.05, 0.1) is 13.2 Å². The van der Waals surface area contributed by atoms with Crippen molar-refractivity contribution in [2.45, 2.75) is 66.4 Å². The molecule has 0 aliphatic rings. The van der Waals surface area contributed by atoms with Gasteiger partial charge in [0.1, 0.15) is 12.3 Å². The van der Waals surface area contributed by atoms with Gasteiger partial charge in [-0.1, -0.05) is 45.7 Å². The summed E-state index contributed by atoms with van der Waals surface area (Å²) in [6.45, 7) is 13.3. The van der Waals surface area contributed by atoms with Crippen molar-refractivity contribution in [1.29, 1.82) is 0 Å². The van der Waals surface area contributed by atoms with E-state index < -0.39 is 0 Å². The second kappa shape index (κ2) is 21.7. The zero-order valence-corrected chi connectivity index (χ0v) is 21.4. The van der Waals surface area contributed by atoms with Crippen LogP contribution in [0.25, 0.3) is 0 Å². The Morgan fingerprint density at radius 1 is 1.00 bits per heavy atom. The van der Waals surface area contributed by atoms with Crippen molar-refractivity contribution >= 4 is 29.7 Å². The number of hydrogen-bond acceptors (Lipinski definition) is 8. The van der Waals surface area contributed by atoms with E-state index in [-0.39, 0.29) is 24.5 Å². The second-order valence-electron chi connectivity index (χ2n) is 8.03. The van der Waals surface area contributed by atoms with E-state index in [0.29, 0.717) is 38.1 Å². The molecule has 2 unspecified atom stereocenters. The van der Waals surface area contributed by atoms with E-state index in [1.54, 1.807) is 11.8 Å². The van der Waals surface area contributed by atoms with Crippen LogP contribution in [0.2, 0.25) is 0 Å². The molecule has 0 aromatic rings. The molecule has 8 nitrogen and oxygen atoms in total. The summed E-state index contributed by atoms with van der Waals surface area (Å²) >= 11 is 1.71. The fourth-order valence-electron chi connectivity index (χ4n) is 2.21. The van der Waals surface area contributed by atoms with E-state index in [0.717, 1.165) is 50.2 Å². The molecule has 0 aliphatic carbocycles. The van der Waals surface area contributed by atoms with Gasteiger partial charge in [0, 0.05) is 38.9 Å². The van der Waals surface area contributed by atoms with E-state index in [9.17, 15) is 9.59 Å². The highest BCUT2D eigenvalue weighted by atomic mass is 32.2. The molecule has 9 heteroatoms. The number of thioether (sulfide) groups is 1. The minimum atomic E-state index is -0.208. The predicted molar refractivity (Wildman–Crippen MR) is 130 cm³/mol. The molecule has 0 radical (unpaired) electrons. The van der Waals surface area contributed by atoms with Gasteiger partial charge >= 0.3 is 0 Å². The molecule has 0 fully saturated rings. The number of nitrogens with zero attached hydrogens (tertiary/aromatic N) is 1. The minimum absolute atomic E-state index is 0.0410. The molecule has 0 aromatic heterocycles. The lowest BCUT2D eigenvalue weighted by molar-refractivity contribution is -0.122. The molecule has 2 atom stereocenters. The van der Waals surface area contributed by atoms with Gasteiger partial charge in [0.15, 0.2) is 12.5 Å². The van der Waals surface area contributed by atoms with Crippen molar-refractivity contribution in [3.05, 3.63) is 0 Å². The van der Waals surface area contributed by atoms with Crippen molar-refractivity contribution in [1.82, 2.24) is 5.32 Å². The van der Waals surface area contributed by atoms with Crippen molar-refractivity contribution < 1.29 is 28.6 Å². The van der Waals surface area contributed by atoms with E-state index in [1.165, 1.54) is 6.92 Å². The van der Waals surface area contributed by atoms with E-state index in [1.807, 2.05) is 0 Å². The van der Waals surface area contributed by atoms with Gasteiger partial charge in [-0.25, -0.2) is 0 Å². The summed E-state index contributed by atoms with van der Waals surface area (Å²) in [5, 5.41) is 6.01. The van der Waals surface area contributed by atoms with Crippen LogP contribution in [0, 0.1) is 11.8 Å². The van der Waals surface area contributed by atoms with Crippen LogP contribution in [0.3, 0.4) is 0 Å². The smallest absolute Gasteiger partial charge is 0.223 e. The maximum atomic E-state index is 11.7. The summed E-state index contributed by atoms with van der Waals surface area (Å²) in [6.07, 6.45) is 4.52. The number of rotatable bonds is 22. The average Bonchev–Trinajstić information content (AvgIpc) is 2.77. The predicted octanol–water partition coefficient (Wildman–Crippen LogP) is 3.68. The van der Waals surface area contributed by atoms with Crippen LogP contribution in [-0.4, -0.2) is 75.3 Å². The van der Waals surface area contributed by atoms with Gasteiger partial charge < -0.3 is 24.4 Å². The SMILES string of the molecule is CCC(C)COCC(COCC(C)CC)OCCCSCCC(=O)NCO/N=C/C(C)=O. The van der Waals surface area contributed by atoms with Crippen LogP contribution >= 0.6 is 11.8 Å². The molecule has 0 rings (SSSR count). The monoisotopic (exact) mass is 476 g/mol. The third-order valence-electron chi connectivity index (χ3n) is 4.71. The molecule has 0 spiro atoms. The number of carbonyl (C=O) groups is 2. The maximum Gasteiger partial charge on any atom is 0.223 e. The summed E-state index contributed by atoms with van der Waals surface area (Å²) in [5.41, 5.74) is 0. The first-order chi connectivity index (χ1) is 15.4. The Labute approximate surface area is 198 Å². The highest BCUT2D eigenvalue weighted by Crippen LogP contribution is 2.08. The summed E-state index contributed by atoms with van der Waals surface area (Å²) in [5.74, 6) is 2.42. The normalized spacial score (nSPS) is 14.3. The molecule has 1 N–H and O–H groups in total. The first-order valence-corrected chi connectivity index (χ1v) is 12.8. The number of carbonyl (C=O) groups excluding carboxylic acids is 2. The van der Waals surface area contributed by atoms with Crippen molar-refractivity contribution in [3.63, 3.8) is 0 Å². The molecular weight excluding hydrogens is 432 g/mol. The maximum absolute atomic E-state index is 11.7. The van der Waals surface area contributed by atoms with Crippen molar-refractivity contribution in [2.75, 3.05) is 51.3 Å². The zero-order valence-electron chi connectivity index (χ0n) is 20.6. The van der Waals surface area contributed by atoms with Gasteiger partial charge in [-0.2, -0.15) is 11.8 Å². The number of nitrogens with one attached hydrogen (secondary N) is 1. The Morgan fingerprint density at radius 3 is 2.19 bits per heavy atom. The standard InChI is InChI=1S/C23H44N2O6S/c1-6-19(3)14-28-16-22(17-29-15-20(4)7-2)30-10-8-11-32-12-9-23(27)24-18-31-25-13-21(5)26/h13,19-20,22H,6-12,14-18H2,1-5H3,(H,24,27)/b25-13+. The topological polar surface area (TPSA) is 95.5 Å². The fraction of sp³-hybridized carbons (Fsp3) is 0.870. The number of oxime groups is 1. The lowest BCUT2D eigenvalue weighted by atomic mass is 10.1. The third kappa shape index (κ3) is 20.7. The van der Waals surface area contributed by atoms with Gasteiger partial charge in [-0.3, -0.25) is 9.59 Å². The number of amides is 1. The second-order valence-corrected chi connectivity index (χ2v) is 9.25. The third-order valence-corrected chi connectivity index (χ3v) is 5.78. The zero-order chi connectivity index (χ0) is 24.0. The molecule has 0 aromatic carbocycles. The number of hydrogen-bond donors (Lipinski definition) is 1. The lowest BCUT2D eigenvalue weighted by Gasteiger charge is -2.20. The Hall–Kier alpha value is -1.16. The number of ketones is 1. The van der Waals surface area contributed by atoms with Crippen LogP contribution in [0.15, 0.2) is 5.16 Å². The molecule has 0 aliphatic heterocycles. The van der Waals surface area contributed by atoms with Crippen molar-refractivity contribution in [2.24, 2.45) is 17.0 Å². The molecule has 0 heterocycles. The van der Waals surface area contributed by atoms with Gasteiger partial charge in [0.2, 0.25) is 5.91 Å². The van der Waals surface area contributed by atoms with Gasteiger partial charge in [-0.05, 0) is 24.0 Å². The highest BCUT2D eigenvalue weighted by Gasteiger charge is 2.12. The molecule has 0 bridgehead atoms. The number of Topliss-reactive ketones (excluding diaryl/α,β-unsaturated/α-hetero) is 1. The largest absolute Gasteiger partial charge is 0.378 e. The minimum Gasteiger partial charge on any atom is -0.378 e. The van der Waals surface area contributed by atoms with E-state index in [4.69, 9.17) is 19.0 Å². The molecule has 0 saturated carbocycles. The number of ether oxygens (including phenoxy) is 3. The Balaban J connectivity index is 3.89. The van der Waals surface area contributed by atoms with Gasteiger partial charge in [0.25, 0.3) is 0 Å². The highest BCUT2D eigenvalue weighted by molar-refractivity contribution is 7.99. The van der Waals surface area contributed by atoms with Crippen LogP contribution in [0.1, 0.15) is 60.3 Å². The molecule has 1 amide bonds. The molecule has 0 saturated heterocycles. The van der Waals surface area contributed by atoms with E-state index in [2.05, 4.69) is 38.2 Å². The van der Waals surface area contributed by atoms with E-state index >= 15 is 0 Å². The molecule has 188 valence electrons. The first-order valence-electron chi connectivity index (χ1n) is 11.7. The summed E-state index contributed by atoms with van der Waals surface area (Å²) < 4.78 is 17.6. The molecule has 32 heavy (non-hydrogen) atoms. The Kier molecular flexibility index (Phi) is 20.9. The Morgan fingerprint density at radius 2 is 1.62 bits per heavy atom. The van der Waals surface area contributed by atoms with Crippen LogP contribution < -0.4 is 5.32 Å². The first kappa shape index (κ1) is 30.8. The quantitative estimate of drug-likeness (QED) is 0.110. The van der Waals surface area contributed by atoms with Gasteiger partial charge in [-0.15, -0.1) is 0 Å². The fourth-order valence-corrected chi connectivity index (χ4v) is 3.07. The Bertz CT molecular complexity index is 491. The molecular formula is C23H44N2O6S.